The minimum absolute atomic E-state index is 0.0227. The van der Waals surface area contributed by atoms with E-state index in [1.165, 1.54) is 0 Å². The smallest absolute Gasteiger partial charge is 0.405 e. The van der Waals surface area contributed by atoms with Gasteiger partial charge in [0.2, 0.25) is 0 Å². The summed E-state index contributed by atoms with van der Waals surface area (Å²) in [5, 5.41) is 8.70. The Morgan fingerprint density at radius 1 is 1.50 bits per heavy atom. The fourth-order valence-corrected chi connectivity index (χ4v) is 1.09. The molecule has 0 radical (unpaired) electrons. The number of aliphatic hydroxyl groups excluding tert-OH is 1. The zero-order valence-corrected chi connectivity index (χ0v) is 8.26. The Morgan fingerprint density at radius 3 is 2.64 bits per heavy atom. The number of rotatable bonds is 2. The van der Waals surface area contributed by atoms with Crippen molar-refractivity contribution in [2.24, 2.45) is 0 Å². The van der Waals surface area contributed by atoms with Crippen LogP contribution in [-0.2, 0) is 6.61 Å². The van der Waals surface area contributed by atoms with Crippen LogP contribution in [0.1, 0.15) is 5.56 Å². The average molecular weight is 272 g/mol. The van der Waals surface area contributed by atoms with Crippen molar-refractivity contribution in [3.8, 4) is 5.75 Å². The Labute approximate surface area is 85.7 Å². The highest BCUT2D eigenvalue weighted by Crippen LogP contribution is 2.27. The van der Waals surface area contributed by atoms with Crippen LogP contribution in [0.5, 0.6) is 5.75 Å². The molecular formula is C7H5BrF3NO2. The third-order valence-electron chi connectivity index (χ3n) is 1.31. The lowest BCUT2D eigenvalue weighted by Crippen LogP contribution is -2.18. The van der Waals surface area contributed by atoms with Gasteiger partial charge in [0.25, 0.3) is 0 Å². The summed E-state index contributed by atoms with van der Waals surface area (Å²) in [6.07, 6.45) is -3.67. The lowest BCUT2D eigenvalue weighted by atomic mass is 10.3. The molecule has 0 aliphatic carbocycles. The average Bonchev–Trinajstić information content (AvgIpc) is 2.01. The van der Waals surface area contributed by atoms with Gasteiger partial charge in [-0.1, -0.05) is 0 Å². The highest BCUT2D eigenvalue weighted by Gasteiger charge is 2.32. The minimum Gasteiger partial charge on any atom is -0.405 e. The van der Waals surface area contributed by atoms with E-state index in [9.17, 15) is 13.2 Å². The summed E-state index contributed by atoms with van der Waals surface area (Å²) in [5.41, 5.74) is -0.0227. The van der Waals surface area contributed by atoms with Crippen molar-refractivity contribution in [2.75, 3.05) is 0 Å². The molecule has 0 bridgehead atoms. The van der Waals surface area contributed by atoms with Gasteiger partial charge in [0.05, 0.1) is 6.61 Å². The monoisotopic (exact) mass is 271 g/mol. The number of hydrogen-bond donors (Lipinski definition) is 1. The first kappa shape index (κ1) is 11.3. The van der Waals surface area contributed by atoms with Crippen LogP contribution < -0.4 is 4.74 Å². The van der Waals surface area contributed by atoms with Gasteiger partial charge in [0.1, 0.15) is 10.4 Å². The molecule has 0 aromatic carbocycles. The van der Waals surface area contributed by atoms with Crippen molar-refractivity contribution in [3.05, 3.63) is 22.4 Å². The molecule has 7 heteroatoms. The second-order valence-corrected chi connectivity index (χ2v) is 3.13. The summed E-state index contributed by atoms with van der Waals surface area (Å²) in [6, 6.07) is 1.04. The summed E-state index contributed by atoms with van der Waals surface area (Å²) in [4.78, 5) is 3.65. The topological polar surface area (TPSA) is 42.4 Å². The largest absolute Gasteiger partial charge is 0.573 e. The van der Waals surface area contributed by atoms with E-state index in [1.54, 1.807) is 0 Å². The van der Waals surface area contributed by atoms with Crippen molar-refractivity contribution in [3.63, 3.8) is 0 Å². The van der Waals surface area contributed by atoms with Gasteiger partial charge in [-0.2, -0.15) is 0 Å². The Hall–Kier alpha value is -0.820. The van der Waals surface area contributed by atoms with Crippen LogP contribution in [0.15, 0.2) is 16.9 Å². The zero-order valence-electron chi connectivity index (χ0n) is 6.68. The maximum absolute atomic E-state index is 11.8. The molecule has 78 valence electrons. The first-order valence-electron chi connectivity index (χ1n) is 3.43. The van der Waals surface area contributed by atoms with Crippen molar-refractivity contribution < 1.29 is 23.0 Å². The van der Waals surface area contributed by atoms with E-state index in [0.29, 0.717) is 0 Å². The lowest BCUT2D eigenvalue weighted by molar-refractivity contribution is -0.275. The van der Waals surface area contributed by atoms with Crippen LogP contribution >= 0.6 is 15.9 Å². The Kier molecular flexibility index (Phi) is 3.33. The van der Waals surface area contributed by atoms with E-state index in [1.807, 2.05) is 0 Å². The van der Waals surface area contributed by atoms with Crippen LogP contribution in [0.25, 0.3) is 0 Å². The van der Waals surface area contributed by atoms with Crippen LogP contribution in [0.4, 0.5) is 13.2 Å². The zero-order chi connectivity index (χ0) is 10.8. The molecule has 0 amide bonds. The third kappa shape index (κ3) is 3.15. The number of hydrogen-bond acceptors (Lipinski definition) is 3. The standard InChI is InChI=1S/C7H5BrF3NO2/c8-6-1-5(14-7(9,10)11)4(3-13)2-12-6/h1-2,13H,3H2. The second-order valence-electron chi connectivity index (χ2n) is 2.32. The van der Waals surface area contributed by atoms with Gasteiger partial charge in [0, 0.05) is 17.8 Å². The number of ether oxygens (including phenoxy) is 1. The molecule has 1 rings (SSSR count). The minimum atomic E-state index is -4.77. The predicted molar refractivity (Wildman–Crippen MR) is 44.5 cm³/mol. The van der Waals surface area contributed by atoms with Gasteiger partial charge in [-0.15, -0.1) is 13.2 Å². The van der Waals surface area contributed by atoms with Crippen LogP contribution in [-0.4, -0.2) is 16.5 Å². The van der Waals surface area contributed by atoms with Gasteiger partial charge in [0.15, 0.2) is 0 Å². The van der Waals surface area contributed by atoms with E-state index in [2.05, 4.69) is 25.7 Å². The van der Waals surface area contributed by atoms with Gasteiger partial charge in [-0.25, -0.2) is 4.98 Å². The first-order valence-corrected chi connectivity index (χ1v) is 4.22. The molecule has 0 saturated carbocycles. The molecular weight excluding hydrogens is 267 g/mol. The maximum Gasteiger partial charge on any atom is 0.573 e. The van der Waals surface area contributed by atoms with Crippen LogP contribution in [0.3, 0.4) is 0 Å². The Morgan fingerprint density at radius 2 is 2.14 bits per heavy atom. The molecule has 14 heavy (non-hydrogen) atoms. The molecule has 0 aliphatic heterocycles. The number of aromatic nitrogens is 1. The van der Waals surface area contributed by atoms with E-state index >= 15 is 0 Å². The molecule has 0 aliphatic rings. The van der Waals surface area contributed by atoms with Gasteiger partial charge in [-0.05, 0) is 15.9 Å². The van der Waals surface area contributed by atoms with Crippen LogP contribution in [0, 0.1) is 0 Å². The summed E-state index contributed by atoms with van der Waals surface area (Å²) >= 11 is 2.89. The number of aliphatic hydroxyl groups is 1. The molecule has 1 aromatic heterocycles. The fourth-order valence-electron chi connectivity index (χ4n) is 0.780. The van der Waals surface area contributed by atoms with E-state index in [-0.39, 0.29) is 10.2 Å². The van der Waals surface area contributed by atoms with Crippen molar-refractivity contribution >= 4 is 15.9 Å². The molecule has 0 atom stereocenters. The van der Waals surface area contributed by atoms with Crippen molar-refractivity contribution in [1.82, 2.24) is 4.98 Å². The lowest BCUT2D eigenvalue weighted by Gasteiger charge is -2.11. The van der Waals surface area contributed by atoms with Crippen LogP contribution in [0.2, 0.25) is 0 Å². The summed E-state index contributed by atoms with van der Waals surface area (Å²) in [6.45, 7) is -0.564. The Bertz CT molecular complexity index is 329. The molecule has 0 fully saturated rings. The maximum atomic E-state index is 11.8. The molecule has 0 spiro atoms. The summed E-state index contributed by atoms with van der Waals surface area (Å²) in [7, 11) is 0. The highest BCUT2D eigenvalue weighted by molar-refractivity contribution is 9.10. The summed E-state index contributed by atoms with van der Waals surface area (Å²) in [5.74, 6) is -0.457. The normalized spacial score (nSPS) is 11.5. The number of pyridine rings is 1. The molecule has 3 nitrogen and oxygen atoms in total. The van der Waals surface area contributed by atoms with Crippen molar-refractivity contribution in [1.29, 1.82) is 0 Å². The van der Waals surface area contributed by atoms with Gasteiger partial charge >= 0.3 is 6.36 Å². The number of halogens is 4. The Balaban J connectivity index is 2.99. The SMILES string of the molecule is OCc1cnc(Br)cc1OC(F)(F)F. The molecule has 0 saturated heterocycles. The van der Waals surface area contributed by atoms with E-state index in [0.717, 1.165) is 12.3 Å². The van der Waals surface area contributed by atoms with E-state index in [4.69, 9.17) is 5.11 Å². The molecule has 1 heterocycles. The van der Waals surface area contributed by atoms with Gasteiger partial charge < -0.3 is 9.84 Å². The van der Waals surface area contributed by atoms with Crippen molar-refractivity contribution in [2.45, 2.75) is 13.0 Å². The molecule has 1 aromatic rings. The number of nitrogens with zero attached hydrogens (tertiary/aromatic N) is 1. The first-order chi connectivity index (χ1) is 6.42. The third-order valence-corrected chi connectivity index (χ3v) is 1.74. The fraction of sp³-hybridized carbons (Fsp3) is 0.286. The quantitative estimate of drug-likeness (QED) is 0.839. The molecule has 1 N–H and O–H groups in total. The summed E-state index contributed by atoms with van der Waals surface area (Å²) < 4.78 is 39.4. The van der Waals surface area contributed by atoms with Gasteiger partial charge in [-0.3, -0.25) is 0 Å². The highest BCUT2D eigenvalue weighted by atomic mass is 79.9. The second kappa shape index (κ2) is 4.14. The predicted octanol–water partition coefficient (Wildman–Crippen LogP) is 2.24. The van der Waals surface area contributed by atoms with E-state index < -0.39 is 18.7 Å². The molecule has 0 unspecified atom stereocenters. The number of alkyl halides is 3.